The topological polar surface area (TPSA) is 8.17 Å². The van der Waals surface area contributed by atoms with E-state index in [-0.39, 0.29) is 0 Å². The molecule has 0 spiro atoms. The highest BCUT2D eigenvalue weighted by atomic mass is 15.1. The van der Waals surface area contributed by atoms with Crippen molar-refractivity contribution < 1.29 is 0 Å². The highest BCUT2D eigenvalue weighted by molar-refractivity contribution is 6.11. The molecular weight excluding hydrogens is 725 g/mol. The molecule has 0 fully saturated rings. The van der Waals surface area contributed by atoms with Crippen LogP contribution in [0.1, 0.15) is 0 Å². The Morgan fingerprint density at radius 3 is 1.42 bits per heavy atom. The summed E-state index contributed by atoms with van der Waals surface area (Å²) >= 11 is 0. The summed E-state index contributed by atoms with van der Waals surface area (Å²) in [4.78, 5) is 2.48. The molecule has 282 valence electrons. The predicted octanol–water partition coefficient (Wildman–Crippen LogP) is 16.1. The summed E-state index contributed by atoms with van der Waals surface area (Å²) in [5.74, 6) is 0. The van der Waals surface area contributed by atoms with E-state index in [9.17, 15) is 0 Å². The summed E-state index contributed by atoms with van der Waals surface area (Å²) in [5.41, 5.74) is 16.2. The number of hydrogen-bond donors (Lipinski definition) is 0. The van der Waals surface area contributed by atoms with E-state index < -0.39 is 0 Å². The number of nitrogens with zero attached hydrogens (tertiary/aromatic N) is 2. The molecule has 0 saturated carbocycles. The molecule has 0 N–H and O–H groups in total. The zero-order chi connectivity index (χ0) is 39.8. The van der Waals surface area contributed by atoms with E-state index in [0.29, 0.717) is 0 Å². The van der Waals surface area contributed by atoms with Crippen molar-refractivity contribution in [1.82, 2.24) is 4.57 Å². The van der Waals surface area contributed by atoms with Crippen LogP contribution >= 0.6 is 0 Å². The lowest BCUT2D eigenvalue weighted by atomic mass is 9.94. The quantitative estimate of drug-likeness (QED) is 0.150. The second-order valence-corrected chi connectivity index (χ2v) is 15.3. The Kier molecular flexibility index (Phi) is 8.87. The first kappa shape index (κ1) is 35.2. The van der Waals surface area contributed by atoms with Gasteiger partial charge in [0.25, 0.3) is 0 Å². The van der Waals surface area contributed by atoms with Gasteiger partial charge in [-0.25, -0.2) is 0 Å². The molecular formula is C58H40N2. The molecule has 2 nitrogen and oxygen atoms in total. The molecule has 0 aliphatic rings. The van der Waals surface area contributed by atoms with Crippen molar-refractivity contribution in [3.05, 3.63) is 243 Å². The van der Waals surface area contributed by atoms with Gasteiger partial charge in [-0.2, -0.15) is 0 Å². The van der Waals surface area contributed by atoms with Crippen molar-refractivity contribution in [2.45, 2.75) is 0 Å². The number of anilines is 3. The van der Waals surface area contributed by atoms with Crippen LogP contribution < -0.4 is 4.90 Å². The van der Waals surface area contributed by atoms with E-state index >= 15 is 0 Å². The van der Waals surface area contributed by atoms with Gasteiger partial charge in [0.1, 0.15) is 0 Å². The van der Waals surface area contributed by atoms with Gasteiger partial charge in [0, 0.05) is 33.4 Å². The minimum Gasteiger partial charge on any atom is -0.310 e. The first-order valence-corrected chi connectivity index (χ1v) is 20.6. The van der Waals surface area contributed by atoms with E-state index in [1.54, 1.807) is 0 Å². The van der Waals surface area contributed by atoms with Gasteiger partial charge >= 0.3 is 0 Å². The standard InChI is InChI=1S/C58H40N2/c1-5-17-41(18-6-1)44-29-32-49(33-30-44)60-55-28-16-15-27-53(55)54-35-34-50(40-57(54)60)59(56-36-31-45-23-13-14-26-52(45)58(56)46-24-11-4-12-25-46)51-38-47(42-19-7-2-8-20-42)37-48(39-51)43-21-9-3-10-22-43/h1-40H. The highest BCUT2D eigenvalue weighted by Crippen LogP contribution is 2.47. The first-order valence-electron chi connectivity index (χ1n) is 20.6. The van der Waals surface area contributed by atoms with Crippen LogP contribution in [0.4, 0.5) is 17.1 Å². The maximum atomic E-state index is 2.48. The third-order valence-corrected chi connectivity index (χ3v) is 11.7. The molecule has 0 amide bonds. The van der Waals surface area contributed by atoms with Crippen LogP contribution in [0.25, 0.3) is 82.8 Å². The van der Waals surface area contributed by atoms with Crippen LogP contribution in [0.3, 0.4) is 0 Å². The molecule has 2 heteroatoms. The van der Waals surface area contributed by atoms with Crippen molar-refractivity contribution in [1.29, 1.82) is 0 Å². The fourth-order valence-electron chi connectivity index (χ4n) is 8.93. The Hall–Kier alpha value is -7.94. The van der Waals surface area contributed by atoms with E-state index in [2.05, 4.69) is 252 Å². The number of rotatable bonds is 8. The SMILES string of the molecule is c1ccc(-c2ccc(-n3c4ccccc4c4ccc(N(c5cc(-c6ccccc6)cc(-c6ccccc6)c5)c5ccc6ccccc6c5-c5ccccc5)cc43)cc2)cc1. The Morgan fingerprint density at radius 1 is 0.283 bits per heavy atom. The van der Waals surface area contributed by atoms with Gasteiger partial charge in [-0.05, 0) is 104 Å². The molecule has 11 rings (SSSR count). The van der Waals surface area contributed by atoms with Crippen LogP contribution in [0, 0.1) is 0 Å². The van der Waals surface area contributed by atoms with Gasteiger partial charge in [-0.1, -0.05) is 188 Å². The number of para-hydroxylation sites is 1. The number of hydrogen-bond acceptors (Lipinski definition) is 1. The Labute approximate surface area is 350 Å². The van der Waals surface area contributed by atoms with E-state index in [1.165, 1.54) is 60.4 Å². The summed E-state index contributed by atoms with van der Waals surface area (Å²) in [7, 11) is 0. The summed E-state index contributed by atoms with van der Waals surface area (Å²) < 4.78 is 2.43. The van der Waals surface area contributed by atoms with Gasteiger partial charge in [0.15, 0.2) is 0 Å². The maximum absolute atomic E-state index is 2.48. The molecule has 0 atom stereocenters. The van der Waals surface area contributed by atoms with Crippen molar-refractivity contribution in [3.8, 4) is 50.2 Å². The van der Waals surface area contributed by atoms with Crippen molar-refractivity contribution in [3.63, 3.8) is 0 Å². The van der Waals surface area contributed by atoms with Crippen LogP contribution in [0.5, 0.6) is 0 Å². The van der Waals surface area contributed by atoms with Gasteiger partial charge in [0.05, 0.1) is 16.7 Å². The number of benzene rings is 10. The summed E-state index contributed by atoms with van der Waals surface area (Å²) in [6.07, 6.45) is 0. The largest absolute Gasteiger partial charge is 0.310 e. The average Bonchev–Trinajstić information content (AvgIpc) is 3.66. The van der Waals surface area contributed by atoms with Gasteiger partial charge < -0.3 is 9.47 Å². The fourth-order valence-corrected chi connectivity index (χ4v) is 8.93. The summed E-state index contributed by atoms with van der Waals surface area (Å²) in [6.45, 7) is 0. The van der Waals surface area contributed by atoms with Crippen LogP contribution in [-0.2, 0) is 0 Å². The monoisotopic (exact) mass is 764 g/mol. The third-order valence-electron chi connectivity index (χ3n) is 11.7. The van der Waals surface area contributed by atoms with Crippen molar-refractivity contribution in [2.75, 3.05) is 4.90 Å². The molecule has 10 aromatic carbocycles. The molecule has 0 bridgehead atoms. The fraction of sp³-hybridized carbons (Fsp3) is 0. The van der Waals surface area contributed by atoms with Crippen molar-refractivity contribution in [2.24, 2.45) is 0 Å². The molecule has 0 aliphatic carbocycles. The molecule has 60 heavy (non-hydrogen) atoms. The summed E-state index contributed by atoms with van der Waals surface area (Å²) in [5, 5.41) is 4.86. The highest BCUT2D eigenvalue weighted by Gasteiger charge is 2.23. The third kappa shape index (κ3) is 6.32. The normalized spacial score (nSPS) is 11.3. The van der Waals surface area contributed by atoms with Crippen LogP contribution in [0.2, 0.25) is 0 Å². The predicted molar refractivity (Wildman–Crippen MR) is 255 cm³/mol. The zero-order valence-corrected chi connectivity index (χ0v) is 33.0. The minimum atomic E-state index is 1.07. The smallest absolute Gasteiger partial charge is 0.0561 e. The maximum Gasteiger partial charge on any atom is 0.0561 e. The Bertz CT molecular complexity index is 3220. The van der Waals surface area contributed by atoms with Gasteiger partial charge in [-0.15, -0.1) is 0 Å². The molecule has 0 aliphatic heterocycles. The molecule has 0 saturated heterocycles. The lowest BCUT2D eigenvalue weighted by Crippen LogP contribution is -2.12. The zero-order valence-electron chi connectivity index (χ0n) is 33.0. The van der Waals surface area contributed by atoms with Crippen LogP contribution in [-0.4, -0.2) is 4.57 Å². The van der Waals surface area contributed by atoms with Gasteiger partial charge in [0.2, 0.25) is 0 Å². The summed E-state index contributed by atoms with van der Waals surface area (Å²) in [6, 6.07) is 88.1. The second kappa shape index (κ2) is 15.1. The molecule has 1 heterocycles. The Morgan fingerprint density at radius 2 is 0.783 bits per heavy atom. The van der Waals surface area contributed by atoms with Gasteiger partial charge in [-0.3, -0.25) is 0 Å². The Balaban J connectivity index is 1.20. The number of fused-ring (bicyclic) bond motifs is 4. The second-order valence-electron chi connectivity index (χ2n) is 15.3. The molecule has 11 aromatic rings. The lowest BCUT2D eigenvalue weighted by Gasteiger charge is -2.30. The van der Waals surface area contributed by atoms with E-state index in [1.807, 2.05) is 0 Å². The first-order chi connectivity index (χ1) is 29.8. The average molecular weight is 765 g/mol. The van der Waals surface area contributed by atoms with E-state index in [4.69, 9.17) is 0 Å². The molecule has 0 radical (unpaired) electrons. The minimum absolute atomic E-state index is 1.07. The molecule has 0 unspecified atom stereocenters. The lowest BCUT2D eigenvalue weighted by molar-refractivity contribution is 1.18. The van der Waals surface area contributed by atoms with Crippen molar-refractivity contribution >= 4 is 49.6 Å². The number of aromatic nitrogens is 1. The van der Waals surface area contributed by atoms with Crippen LogP contribution in [0.15, 0.2) is 243 Å². The molecule has 1 aromatic heterocycles. The van der Waals surface area contributed by atoms with E-state index in [0.717, 1.165) is 39.4 Å².